The number of aryl methyl sites for hydroxylation is 1. The maximum Gasteiger partial charge on any atom is 0.258 e. The van der Waals surface area contributed by atoms with E-state index in [0.29, 0.717) is 5.75 Å². The van der Waals surface area contributed by atoms with E-state index in [1.807, 2.05) is 25.1 Å². The molecular weight excluding hydrogens is 246 g/mol. The first-order valence-electron chi connectivity index (χ1n) is 6.28. The van der Waals surface area contributed by atoms with Crippen molar-refractivity contribution < 1.29 is 19.7 Å². The van der Waals surface area contributed by atoms with Crippen molar-refractivity contribution in [1.29, 1.82) is 0 Å². The van der Waals surface area contributed by atoms with Crippen LogP contribution >= 0.6 is 0 Å². The molecule has 106 valence electrons. The van der Waals surface area contributed by atoms with Gasteiger partial charge in [0, 0.05) is 6.54 Å². The van der Waals surface area contributed by atoms with Crippen molar-refractivity contribution in [3.8, 4) is 5.75 Å². The fourth-order valence-corrected chi connectivity index (χ4v) is 1.40. The van der Waals surface area contributed by atoms with E-state index < -0.39 is 12.2 Å². The van der Waals surface area contributed by atoms with Gasteiger partial charge in [-0.2, -0.15) is 0 Å². The minimum absolute atomic E-state index is 0.0132. The number of hydrogen-bond acceptors (Lipinski definition) is 4. The highest BCUT2D eigenvalue weighted by Gasteiger charge is 2.19. The van der Waals surface area contributed by atoms with Crippen LogP contribution in [-0.2, 0) is 11.2 Å². The van der Waals surface area contributed by atoms with Crippen molar-refractivity contribution in [2.45, 2.75) is 25.9 Å². The van der Waals surface area contributed by atoms with Crippen LogP contribution in [0.4, 0.5) is 0 Å². The molecule has 0 saturated heterocycles. The lowest BCUT2D eigenvalue weighted by Gasteiger charge is -2.20. The molecule has 5 nitrogen and oxygen atoms in total. The second kappa shape index (κ2) is 7.11. The fourth-order valence-electron chi connectivity index (χ4n) is 1.40. The van der Waals surface area contributed by atoms with E-state index in [1.165, 1.54) is 6.92 Å². The monoisotopic (exact) mass is 267 g/mol. The Morgan fingerprint density at radius 1 is 1.47 bits per heavy atom. The molecule has 0 heterocycles. The molecule has 0 saturated carbocycles. The van der Waals surface area contributed by atoms with Crippen LogP contribution in [0.15, 0.2) is 24.3 Å². The van der Waals surface area contributed by atoms with Gasteiger partial charge in [0.1, 0.15) is 11.4 Å². The lowest BCUT2D eigenvalue weighted by Crippen LogP contribution is -2.44. The molecule has 0 aliphatic carbocycles. The summed E-state index contributed by atoms with van der Waals surface area (Å²) in [7, 11) is 0. The van der Waals surface area contributed by atoms with Crippen LogP contribution < -0.4 is 10.1 Å². The zero-order chi connectivity index (χ0) is 14.3. The Bertz CT molecular complexity index is 418. The maximum absolute atomic E-state index is 11.5. The average Bonchev–Trinajstić information content (AvgIpc) is 2.43. The van der Waals surface area contributed by atoms with Gasteiger partial charge in [0.05, 0.1) is 6.61 Å². The minimum atomic E-state index is -1.31. The fraction of sp³-hybridized carbons (Fsp3) is 0.500. The number of hydrogen-bond donors (Lipinski definition) is 3. The molecule has 0 bridgehead atoms. The molecule has 1 atom stereocenters. The van der Waals surface area contributed by atoms with Crippen molar-refractivity contribution in [2.75, 3.05) is 19.8 Å². The van der Waals surface area contributed by atoms with Crippen LogP contribution in [-0.4, -0.2) is 41.5 Å². The summed E-state index contributed by atoms with van der Waals surface area (Å²) < 4.78 is 5.35. The lowest BCUT2D eigenvalue weighted by atomic mass is 10.1. The van der Waals surface area contributed by atoms with Crippen LogP contribution in [0, 0.1) is 0 Å². The van der Waals surface area contributed by atoms with Gasteiger partial charge in [-0.3, -0.25) is 4.79 Å². The predicted molar refractivity (Wildman–Crippen MR) is 72.0 cm³/mol. The number of benzene rings is 1. The van der Waals surface area contributed by atoms with E-state index in [1.54, 1.807) is 6.07 Å². The van der Waals surface area contributed by atoms with Gasteiger partial charge in [-0.15, -0.1) is 0 Å². The smallest absolute Gasteiger partial charge is 0.258 e. The largest absolute Gasteiger partial charge is 0.484 e. The highest BCUT2D eigenvalue weighted by atomic mass is 16.5. The first kappa shape index (κ1) is 15.5. The number of aliphatic hydroxyl groups is 2. The molecule has 19 heavy (non-hydrogen) atoms. The maximum atomic E-state index is 11.5. The summed E-state index contributed by atoms with van der Waals surface area (Å²) in [5, 5.41) is 20.9. The van der Waals surface area contributed by atoms with Gasteiger partial charge in [-0.25, -0.2) is 0 Å². The SMILES string of the molecule is CCc1cccc(OCC(=O)NCC(C)(O)CO)c1. The van der Waals surface area contributed by atoms with E-state index in [0.717, 1.165) is 12.0 Å². The molecule has 0 aliphatic rings. The quantitative estimate of drug-likeness (QED) is 0.671. The van der Waals surface area contributed by atoms with Crippen LogP contribution in [0.3, 0.4) is 0 Å². The van der Waals surface area contributed by atoms with Gasteiger partial charge in [0.25, 0.3) is 5.91 Å². The topological polar surface area (TPSA) is 78.8 Å². The number of carbonyl (C=O) groups is 1. The van der Waals surface area contributed by atoms with Crippen LogP contribution in [0.5, 0.6) is 5.75 Å². The third-order valence-corrected chi connectivity index (χ3v) is 2.68. The van der Waals surface area contributed by atoms with Crippen molar-refractivity contribution in [1.82, 2.24) is 5.32 Å². The molecular formula is C14H21NO4. The normalized spacial score (nSPS) is 13.7. The van der Waals surface area contributed by atoms with Gasteiger partial charge in [-0.05, 0) is 31.0 Å². The van der Waals surface area contributed by atoms with Gasteiger partial charge in [-0.1, -0.05) is 19.1 Å². The Morgan fingerprint density at radius 3 is 2.84 bits per heavy atom. The second-order valence-corrected chi connectivity index (χ2v) is 4.72. The molecule has 0 aliphatic heterocycles. The Morgan fingerprint density at radius 2 is 2.21 bits per heavy atom. The van der Waals surface area contributed by atoms with Gasteiger partial charge < -0.3 is 20.3 Å². The standard InChI is InChI=1S/C14H21NO4/c1-3-11-5-4-6-12(7-11)19-8-13(17)15-9-14(2,18)10-16/h4-7,16,18H,3,8-10H2,1-2H3,(H,15,17). The molecule has 1 rings (SSSR count). The third kappa shape index (κ3) is 5.72. The summed E-state index contributed by atoms with van der Waals surface area (Å²) in [6, 6.07) is 7.54. The number of nitrogens with one attached hydrogen (secondary N) is 1. The van der Waals surface area contributed by atoms with Gasteiger partial charge in [0.2, 0.25) is 0 Å². The molecule has 3 N–H and O–H groups in total. The Balaban J connectivity index is 2.37. The molecule has 1 unspecified atom stereocenters. The van der Waals surface area contributed by atoms with Crippen LogP contribution in [0.2, 0.25) is 0 Å². The third-order valence-electron chi connectivity index (χ3n) is 2.68. The first-order chi connectivity index (χ1) is 8.96. The molecule has 0 spiro atoms. The van der Waals surface area contributed by atoms with Crippen molar-refractivity contribution in [3.63, 3.8) is 0 Å². The lowest BCUT2D eigenvalue weighted by molar-refractivity contribution is -0.124. The summed E-state index contributed by atoms with van der Waals surface area (Å²) in [5.41, 5.74) is -0.168. The summed E-state index contributed by atoms with van der Waals surface area (Å²) in [4.78, 5) is 11.5. The first-order valence-corrected chi connectivity index (χ1v) is 6.28. The Hall–Kier alpha value is -1.59. The summed E-state index contributed by atoms with van der Waals surface area (Å²) >= 11 is 0. The van der Waals surface area contributed by atoms with E-state index >= 15 is 0 Å². The molecule has 0 radical (unpaired) electrons. The van der Waals surface area contributed by atoms with Crippen molar-refractivity contribution >= 4 is 5.91 Å². The Labute approximate surface area is 113 Å². The Kier molecular flexibility index (Phi) is 5.79. The number of ether oxygens (including phenoxy) is 1. The molecule has 5 heteroatoms. The summed E-state index contributed by atoms with van der Waals surface area (Å²) in [5.74, 6) is 0.305. The zero-order valence-corrected chi connectivity index (χ0v) is 11.3. The highest BCUT2D eigenvalue weighted by molar-refractivity contribution is 5.77. The molecule has 1 amide bonds. The van der Waals surface area contributed by atoms with Crippen molar-refractivity contribution in [2.24, 2.45) is 0 Å². The predicted octanol–water partition coefficient (Wildman–Crippen LogP) is 0.487. The molecule has 0 aromatic heterocycles. The van der Waals surface area contributed by atoms with Crippen LogP contribution in [0.1, 0.15) is 19.4 Å². The average molecular weight is 267 g/mol. The van der Waals surface area contributed by atoms with E-state index in [9.17, 15) is 9.90 Å². The van der Waals surface area contributed by atoms with E-state index in [2.05, 4.69) is 5.32 Å². The van der Waals surface area contributed by atoms with Crippen molar-refractivity contribution in [3.05, 3.63) is 29.8 Å². The number of amides is 1. The number of rotatable bonds is 7. The molecule has 0 fully saturated rings. The molecule has 1 aromatic rings. The van der Waals surface area contributed by atoms with Gasteiger partial charge >= 0.3 is 0 Å². The number of carbonyl (C=O) groups excluding carboxylic acids is 1. The van der Waals surface area contributed by atoms with Crippen LogP contribution in [0.25, 0.3) is 0 Å². The zero-order valence-electron chi connectivity index (χ0n) is 11.3. The van der Waals surface area contributed by atoms with E-state index in [4.69, 9.17) is 9.84 Å². The van der Waals surface area contributed by atoms with E-state index in [-0.39, 0.29) is 19.1 Å². The van der Waals surface area contributed by atoms with Gasteiger partial charge in [0.15, 0.2) is 6.61 Å². The number of aliphatic hydroxyl groups excluding tert-OH is 1. The highest BCUT2D eigenvalue weighted by Crippen LogP contribution is 2.13. The summed E-state index contributed by atoms with van der Waals surface area (Å²) in [6.07, 6.45) is 0.906. The second-order valence-electron chi connectivity index (χ2n) is 4.72. The molecule has 1 aromatic carbocycles. The minimum Gasteiger partial charge on any atom is -0.484 e. The summed E-state index contributed by atoms with van der Waals surface area (Å²) in [6.45, 7) is 2.95.